The predicted molar refractivity (Wildman–Crippen MR) is 69.9 cm³/mol. The molecule has 4 heteroatoms. The first-order valence-electron chi connectivity index (χ1n) is 6.44. The number of hydrogen-bond acceptors (Lipinski definition) is 3. The lowest BCUT2D eigenvalue weighted by Gasteiger charge is -2.23. The fourth-order valence-corrected chi connectivity index (χ4v) is 1.83. The predicted octanol–water partition coefficient (Wildman–Crippen LogP) is 1.45. The van der Waals surface area contributed by atoms with Crippen LogP contribution >= 0.6 is 0 Å². The summed E-state index contributed by atoms with van der Waals surface area (Å²) in [5.74, 6) is 0.0961. The Hall–Kier alpha value is -0.900. The van der Waals surface area contributed by atoms with Crippen molar-refractivity contribution < 1.29 is 9.59 Å². The molecule has 0 aromatic heterocycles. The number of nitrogens with zero attached hydrogens (tertiary/aromatic N) is 1. The molecule has 0 aliphatic carbocycles. The molecule has 0 saturated carbocycles. The van der Waals surface area contributed by atoms with Gasteiger partial charge in [-0.05, 0) is 32.4 Å². The lowest BCUT2D eigenvalue weighted by atomic mass is 10.0. The summed E-state index contributed by atoms with van der Waals surface area (Å²) >= 11 is 0. The fourth-order valence-electron chi connectivity index (χ4n) is 1.83. The molecule has 1 amide bonds. The van der Waals surface area contributed by atoms with E-state index in [0.717, 1.165) is 19.5 Å². The van der Waals surface area contributed by atoms with Crippen LogP contribution in [0.3, 0.4) is 0 Å². The molecule has 0 bridgehead atoms. The Kier molecular flexibility index (Phi) is 7.79. The summed E-state index contributed by atoms with van der Waals surface area (Å²) < 4.78 is 0. The first-order valence-corrected chi connectivity index (χ1v) is 6.44. The zero-order chi connectivity index (χ0) is 13.4. The van der Waals surface area contributed by atoms with Gasteiger partial charge < -0.3 is 5.32 Å². The molecule has 0 aromatic rings. The highest BCUT2D eigenvalue weighted by Crippen LogP contribution is 2.02. The zero-order valence-corrected chi connectivity index (χ0v) is 11.7. The van der Waals surface area contributed by atoms with Gasteiger partial charge in [0, 0.05) is 0 Å². The second-order valence-corrected chi connectivity index (χ2v) is 4.77. The van der Waals surface area contributed by atoms with E-state index >= 15 is 0 Å². The molecule has 4 nitrogen and oxygen atoms in total. The van der Waals surface area contributed by atoms with Crippen molar-refractivity contribution in [3.63, 3.8) is 0 Å². The summed E-state index contributed by atoms with van der Waals surface area (Å²) in [6, 6.07) is -0.358. The second-order valence-electron chi connectivity index (χ2n) is 4.77. The van der Waals surface area contributed by atoms with Gasteiger partial charge in [-0.15, -0.1) is 0 Å². The number of carbonyl (C=O) groups excluding carboxylic acids is 2. The van der Waals surface area contributed by atoms with Crippen molar-refractivity contribution in [1.82, 2.24) is 10.2 Å². The van der Waals surface area contributed by atoms with Crippen molar-refractivity contribution in [2.24, 2.45) is 5.92 Å². The highest BCUT2D eigenvalue weighted by molar-refractivity contribution is 5.88. The van der Waals surface area contributed by atoms with E-state index in [1.807, 2.05) is 20.8 Å². The maximum Gasteiger partial charge on any atom is 0.234 e. The van der Waals surface area contributed by atoms with Crippen LogP contribution in [0.4, 0.5) is 0 Å². The van der Waals surface area contributed by atoms with E-state index in [-0.39, 0.29) is 23.7 Å². The zero-order valence-electron chi connectivity index (χ0n) is 11.7. The molecule has 1 N–H and O–H groups in total. The van der Waals surface area contributed by atoms with Crippen LogP contribution in [0.1, 0.15) is 41.0 Å². The van der Waals surface area contributed by atoms with Gasteiger partial charge in [0.05, 0.1) is 12.6 Å². The summed E-state index contributed by atoms with van der Waals surface area (Å²) in [4.78, 5) is 25.3. The summed E-state index contributed by atoms with van der Waals surface area (Å²) in [6.07, 6.45) is 1.03. The first-order chi connectivity index (χ1) is 7.92. The molecule has 0 heterocycles. The second kappa shape index (κ2) is 8.23. The average molecular weight is 242 g/mol. The molecule has 0 aromatic carbocycles. The van der Waals surface area contributed by atoms with E-state index in [9.17, 15) is 9.59 Å². The third-order valence-corrected chi connectivity index (χ3v) is 2.78. The maximum absolute atomic E-state index is 11.8. The number of ketones is 1. The van der Waals surface area contributed by atoms with Gasteiger partial charge >= 0.3 is 0 Å². The molecule has 0 saturated heterocycles. The molecular weight excluding hydrogens is 216 g/mol. The number of rotatable bonds is 8. The maximum atomic E-state index is 11.8. The Labute approximate surface area is 105 Å². The normalized spacial score (nSPS) is 12.9. The van der Waals surface area contributed by atoms with Crippen molar-refractivity contribution in [2.45, 2.75) is 47.1 Å². The molecule has 0 aliphatic heterocycles. The lowest BCUT2D eigenvalue weighted by Crippen LogP contribution is -2.47. The van der Waals surface area contributed by atoms with E-state index in [1.54, 1.807) is 0 Å². The van der Waals surface area contributed by atoms with Crippen LogP contribution in [0.2, 0.25) is 0 Å². The Morgan fingerprint density at radius 2 is 1.82 bits per heavy atom. The van der Waals surface area contributed by atoms with Crippen LogP contribution in [-0.4, -0.2) is 42.3 Å². The number of nitrogens with one attached hydrogen (secondary N) is 1. The van der Waals surface area contributed by atoms with Crippen molar-refractivity contribution in [3.05, 3.63) is 0 Å². The van der Waals surface area contributed by atoms with Crippen molar-refractivity contribution in [2.75, 3.05) is 19.6 Å². The minimum Gasteiger partial charge on any atom is -0.345 e. The average Bonchev–Trinajstić information content (AvgIpc) is 2.24. The number of likely N-dealkylation sites (N-methyl/N-ethyl adjacent to an activating group) is 1. The minimum atomic E-state index is -0.358. The topological polar surface area (TPSA) is 49.4 Å². The van der Waals surface area contributed by atoms with Gasteiger partial charge in [-0.2, -0.15) is 0 Å². The standard InChI is InChI=1S/C13H26N2O2/c1-6-8-15(7-2)9-12(17)14-13(10(3)4)11(5)16/h10,13H,6-9H2,1-5H3,(H,14,17). The minimum absolute atomic E-state index is 0.0203. The molecule has 17 heavy (non-hydrogen) atoms. The number of hydrogen-bond donors (Lipinski definition) is 1. The quantitative estimate of drug-likeness (QED) is 0.701. The van der Waals surface area contributed by atoms with Crippen molar-refractivity contribution in [1.29, 1.82) is 0 Å². The van der Waals surface area contributed by atoms with Gasteiger partial charge in [0.1, 0.15) is 0 Å². The van der Waals surface area contributed by atoms with Crippen LogP contribution in [0.15, 0.2) is 0 Å². The van der Waals surface area contributed by atoms with Gasteiger partial charge in [-0.25, -0.2) is 0 Å². The SMILES string of the molecule is CCCN(CC)CC(=O)NC(C(C)=O)C(C)C. The van der Waals surface area contributed by atoms with Crippen LogP contribution in [0.25, 0.3) is 0 Å². The molecule has 0 fully saturated rings. The lowest BCUT2D eigenvalue weighted by molar-refractivity contribution is -0.128. The number of amides is 1. The number of Topliss-reactive ketones (excluding diaryl/α,β-unsaturated/α-hetero) is 1. The van der Waals surface area contributed by atoms with Gasteiger partial charge in [0.2, 0.25) is 5.91 Å². The summed E-state index contributed by atoms with van der Waals surface area (Å²) in [5, 5.41) is 2.81. The molecule has 100 valence electrons. The van der Waals surface area contributed by atoms with Crippen molar-refractivity contribution >= 4 is 11.7 Å². The van der Waals surface area contributed by atoms with E-state index in [0.29, 0.717) is 6.54 Å². The summed E-state index contributed by atoms with van der Waals surface area (Å²) in [6.45, 7) is 11.7. The first kappa shape index (κ1) is 16.1. The van der Waals surface area contributed by atoms with Crippen LogP contribution in [0.5, 0.6) is 0 Å². The third kappa shape index (κ3) is 6.41. The number of carbonyl (C=O) groups is 2. The highest BCUT2D eigenvalue weighted by Gasteiger charge is 2.21. The van der Waals surface area contributed by atoms with E-state index in [2.05, 4.69) is 17.1 Å². The Bertz CT molecular complexity index is 252. The molecule has 0 rings (SSSR count). The van der Waals surface area contributed by atoms with Crippen LogP contribution < -0.4 is 5.32 Å². The molecule has 1 unspecified atom stereocenters. The highest BCUT2D eigenvalue weighted by atomic mass is 16.2. The smallest absolute Gasteiger partial charge is 0.234 e. The Morgan fingerprint density at radius 1 is 1.24 bits per heavy atom. The van der Waals surface area contributed by atoms with E-state index in [4.69, 9.17) is 0 Å². The largest absolute Gasteiger partial charge is 0.345 e. The van der Waals surface area contributed by atoms with Crippen LogP contribution in [-0.2, 0) is 9.59 Å². The summed E-state index contributed by atoms with van der Waals surface area (Å²) in [7, 11) is 0. The third-order valence-electron chi connectivity index (χ3n) is 2.78. The Morgan fingerprint density at radius 3 is 2.18 bits per heavy atom. The van der Waals surface area contributed by atoms with E-state index in [1.165, 1.54) is 6.92 Å². The molecule has 1 atom stereocenters. The van der Waals surface area contributed by atoms with Gasteiger partial charge in [-0.3, -0.25) is 14.5 Å². The molecular formula is C13H26N2O2. The van der Waals surface area contributed by atoms with E-state index < -0.39 is 0 Å². The monoisotopic (exact) mass is 242 g/mol. The van der Waals surface area contributed by atoms with Gasteiger partial charge in [0.25, 0.3) is 0 Å². The van der Waals surface area contributed by atoms with Crippen LogP contribution in [0, 0.1) is 5.92 Å². The summed E-state index contributed by atoms with van der Waals surface area (Å²) in [5.41, 5.74) is 0. The Balaban J connectivity index is 4.27. The molecule has 0 aliphatic rings. The van der Waals surface area contributed by atoms with Gasteiger partial charge in [-0.1, -0.05) is 27.7 Å². The molecule has 0 radical (unpaired) electrons. The van der Waals surface area contributed by atoms with Crippen molar-refractivity contribution in [3.8, 4) is 0 Å². The fraction of sp³-hybridized carbons (Fsp3) is 0.846. The molecule has 0 spiro atoms. The van der Waals surface area contributed by atoms with Gasteiger partial charge in [0.15, 0.2) is 5.78 Å².